The van der Waals surface area contributed by atoms with Gasteiger partial charge in [0.15, 0.2) is 0 Å². The van der Waals surface area contributed by atoms with E-state index < -0.39 is 15.6 Å². The summed E-state index contributed by atoms with van der Waals surface area (Å²) in [6, 6.07) is 14.3. The molecule has 122 valence electrons. The Balaban J connectivity index is 1.94. The van der Waals surface area contributed by atoms with Crippen LogP contribution in [-0.4, -0.2) is 22.6 Å². The predicted octanol–water partition coefficient (Wildman–Crippen LogP) is 2.67. The van der Waals surface area contributed by atoms with E-state index in [-0.39, 0.29) is 10.6 Å². The lowest BCUT2D eigenvalue weighted by Gasteiger charge is -2.19. The fourth-order valence-corrected chi connectivity index (χ4v) is 4.24. The summed E-state index contributed by atoms with van der Waals surface area (Å²) >= 11 is 0. The van der Waals surface area contributed by atoms with Crippen LogP contribution in [-0.2, 0) is 15.6 Å². The van der Waals surface area contributed by atoms with Gasteiger partial charge in [0.25, 0.3) is 0 Å². The molecule has 23 heavy (non-hydrogen) atoms. The largest absolute Gasteiger partial charge is 0.497 e. The van der Waals surface area contributed by atoms with Gasteiger partial charge in [-0.2, -0.15) is 0 Å². The first-order chi connectivity index (χ1) is 11.0. The summed E-state index contributed by atoms with van der Waals surface area (Å²) in [6.07, 6.45) is 1.57. The molecule has 5 nitrogen and oxygen atoms in total. The number of ether oxygens (including phenoxy) is 2. The van der Waals surface area contributed by atoms with E-state index in [0.717, 1.165) is 18.4 Å². The van der Waals surface area contributed by atoms with Crippen LogP contribution >= 0.6 is 0 Å². The van der Waals surface area contributed by atoms with E-state index in [1.807, 2.05) is 30.3 Å². The van der Waals surface area contributed by atoms with Crippen molar-refractivity contribution in [1.29, 1.82) is 0 Å². The summed E-state index contributed by atoms with van der Waals surface area (Å²) < 4.78 is 38.8. The zero-order chi connectivity index (χ0) is 16.5. The van der Waals surface area contributed by atoms with Gasteiger partial charge in [0.2, 0.25) is 10.0 Å². The van der Waals surface area contributed by atoms with Crippen LogP contribution in [0, 0.1) is 0 Å². The lowest BCUT2D eigenvalue weighted by molar-refractivity contribution is 0.385. The summed E-state index contributed by atoms with van der Waals surface area (Å²) in [5.74, 6) is 0.811. The molecule has 3 rings (SSSR count). The number of benzene rings is 2. The van der Waals surface area contributed by atoms with Crippen molar-refractivity contribution < 1.29 is 17.9 Å². The fourth-order valence-electron chi connectivity index (χ4n) is 2.64. The van der Waals surface area contributed by atoms with E-state index in [0.29, 0.717) is 5.75 Å². The molecule has 1 fully saturated rings. The zero-order valence-corrected chi connectivity index (χ0v) is 13.9. The van der Waals surface area contributed by atoms with Gasteiger partial charge in [-0.1, -0.05) is 30.3 Å². The minimum absolute atomic E-state index is 0.114. The van der Waals surface area contributed by atoms with Crippen LogP contribution in [0.2, 0.25) is 0 Å². The number of hydrogen-bond donors (Lipinski definition) is 1. The topological polar surface area (TPSA) is 64.6 Å². The molecule has 2 aromatic carbocycles. The van der Waals surface area contributed by atoms with E-state index >= 15 is 0 Å². The molecule has 0 radical (unpaired) electrons. The SMILES string of the molecule is COc1ccc(S(=O)(=O)NC2(c3ccccc3)CC2)c(OC)c1. The predicted molar refractivity (Wildman–Crippen MR) is 87.2 cm³/mol. The number of sulfonamides is 1. The van der Waals surface area contributed by atoms with Crippen LogP contribution in [0.5, 0.6) is 11.5 Å². The van der Waals surface area contributed by atoms with Gasteiger partial charge in [0.1, 0.15) is 16.4 Å². The average Bonchev–Trinajstić information content (AvgIpc) is 3.35. The molecule has 1 aliphatic rings. The maximum atomic E-state index is 12.8. The van der Waals surface area contributed by atoms with Crippen molar-refractivity contribution >= 4 is 10.0 Å². The third kappa shape index (κ3) is 3.04. The van der Waals surface area contributed by atoms with Crippen molar-refractivity contribution in [2.45, 2.75) is 23.3 Å². The van der Waals surface area contributed by atoms with Gasteiger partial charge in [-0.05, 0) is 30.5 Å². The molecule has 6 heteroatoms. The van der Waals surface area contributed by atoms with Crippen molar-refractivity contribution in [3.05, 3.63) is 54.1 Å². The minimum Gasteiger partial charge on any atom is -0.497 e. The lowest BCUT2D eigenvalue weighted by Crippen LogP contribution is -2.35. The van der Waals surface area contributed by atoms with Crippen LogP contribution in [0.4, 0.5) is 0 Å². The first-order valence-corrected chi connectivity index (χ1v) is 8.81. The molecule has 0 saturated heterocycles. The van der Waals surface area contributed by atoms with E-state index in [4.69, 9.17) is 9.47 Å². The van der Waals surface area contributed by atoms with Gasteiger partial charge >= 0.3 is 0 Å². The van der Waals surface area contributed by atoms with Crippen molar-refractivity contribution in [1.82, 2.24) is 4.72 Å². The second-order valence-electron chi connectivity index (χ2n) is 5.57. The first kappa shape index (κ1) is 15.8. The highest BCUT2D eigenvalue weighted by Crippen LogP contribution is 2.47. The monoisotopic (exact) mass is 333 g/mol. The third-order valence-corrected chi connectivity index (χ3v) is 5.64. The smallest absolute Gasteiger partial charge is 0.245 e. The molecule has 0 atom stereocenters. The van der Waals surface area contributed by atoms with Gasteiger partial charge in [-0.25, -0.2) is 13.1 Å². The van der Waals surface area contributed by atoms with E-state index in [1.165, 1.54) is 20.3 Å². The molecular weight excluding hydrogens is 314 g/mol. The Kier molecular flexibility index (Phi) is 4.04. The molecule has 0 aromatic heterocycles. The highest BCUT2D eigenvalue weighted by molar-refractivity contribution is 7.89. The van der Waals surface area contributed by atoms with Crippen LogP contribution in [0.25, 0.3) is 0 Å². The van der Waals surface area contributed by atoms with Crippen molar-refractivity contribution in [2.24, 2.45) is 0 Å². The Morgan fingerprint density at radius 3 is 2.26 bits per heavy atom. The van der Waals surface area contributed by atoms with Gasteiger partial charge < -0.3 is 9.47 Å². The maximum Gasteiger partial charge on any atom is 0.245 e. The van der Waals surface area contributed by atoms with Crippen LogP contribution in [0.1, 0.15) is 18.4 Å². The minimum atomic E-state index is -3.70. The standard InChI is InChI=1S/C17H19NO4S/c1-21-14-8-9-16(15(12-14)22-2)23(19,20)18-17(10-11-17)13-6-4-3-5-7-13/h3-9,12,18H,10-11H2,1-2H3. The van der Waals surface area contributed by atoms with Crippen molar-refractivity contribution in [3.8, 4) is 11.5 Å². The van der Waals surface area contributed by atoms with Gasteiger partial charge in [0, 0.05) is 6.07 Å². The van der Waals surface area contributed by atoms with Crippen LogP contribution in [0.3, 0.4) is 0 Å². The Labute approximate surface area is 136 Å². The van der Waals surface area contributed by atoms with E-state index in [2.05, 4.69) is 4.72 Å². The van der Waals surface area contributed by atoms with Gasteiger partial charge in [-0.3, -0.25) is 0 Å². The van der Waals surface area contributed by atoms with E-state index in [9.17, 15) is 8.42 Å². The first-order valence-electron chi connectivity index (χ1n) is 7.32. The number of rotatable bonds is 6. The fraction of sp³-hybridized carbons (Fsp3) is 0.294. The molecule has 0 spiro atoms. The highest BCUT2D eigenvalue weighted by Gasteiger charge is 2.47. The number of methoxy groups -OCH3 is 2. The van der Waals surface area contributed by atoms with Crippen molar-refractivity contribution in [3.63, 3.8) is 0 Å². The van der Waals surface area contributed by atoms with Crippen LogP contribution < -0.4 is 14.2 Å². The molecule has 2 aromatic rings. The van der Waals surface area contributed by atoms with Gasteiger partial charge in [0.05, 0.1) is 19.8 Å². The normalized spacial score (nSPS) is 15.9. The van der Waals surface area contributed by atoms with Crippen molar-refractivity contribution in [2.75, 3.05) is 14.2 Å². The molecule has 0 amide bonds. The van der Waals surface area contributed by atoms with E-state index in [1.54, 1.807) is 12.1 Å². The Hall–Kier alpha value is -2.05. The highest BCUT2D eigenvalue weighted by atomic mass is 32.2. The molecule has 0 aliphatic heterocycles. The molecular formula is C17H19NO4S. The van der Waals surface area contributed by atoms with Crippen LogP contribution in [0.15, 0.2) is 53.4 Å². The third-order valence-electron chi connectivity index (χ3n) is 4.07. The number of hydrogen-bond acceptors (Lipinski definition) is 4. The summed E-state index contributed by atoms with van der Waals surface area (Å²) in [5, 5.41) is 0. The average molecular weight is 333 g/mol. The second kappa shape index (κ2) is 5.86. The molecule has 1 saturated carbocycles. The summed E-state index contributed by atoms with van der Waals surface area (Å²) in [7, 11) is -0.736. The summed E-state index contributed by atoms with van der Waals surface area (Å²) in [5.41, 5.74) is 0.474. The molecule has 1 N–H and O–H groups in total. The lowest BCUT2D eigenvalue weighted by atomic mass is 10.1. The number of nitrogens with one attached hydrogen (secondary N) is 1. The molecule has 0 unspecified atom stereocenters. The second-order valence-corrected chi connectivity index (χ2v) is 7.22. The molecule has 0 heterocycles. The Morgan fingerprint density at radius 1 is 1.00 bits per heavy atom. The zero-order valence-electron chi connectivity index (χ0n) is 13.1. The maximum absolute atomic E-state index is 12.8. The summed E-state index contributed by atoms with van der Waals surface area (Å²) in [4.78, 5) is 0.114. The Bertz CT molecular complexity index is 799. The Morgan fingerprint density at radius 2 is 1.70 bits per heavy atom. The quantitative estimate of drug-likeness (QED) is 0.883. The summed E-state index contributed by atoms with van der Waals surface area (Å²) in [6.45, 7) is 0. The van der Waals surface area contributed by atoms with Gasteiger partial charge in [-0.15, -0.1) is 0 Å². The molecule has 1 aliphatic carbocycles. The molecule has 0 bridgehead atoms.